The third-order valence-electron chi connectivity index (χ3n) is 5.37. The van der Waals surface area contributed by atoms with Crippen LogP contribution in [0.2, 0.25) is 0 Å². The Morgan fingerprint density at radius 3 is 2.59 bits per heavy atom. The quantitative estimate of drug-likeness (QED) is 0.713. The molecule has 5 nitrogen and oxygen atoms in total. The standard InChI is InChI=1S/C22H18N2O3/c1-13-19-18(24(23-13)16-5-3-2-4-6-16)11-15-12-27-22(26)21(15)20(19)14-7-9-17(25)10-8-14/h2-10,20,25H,11-12H2,1H3. The molecule has 2 aromatic carbocycles. The number of para-hydroxylation sites is 1. The number of carbonyl (C=O) groups is 1. The van der Waals surface area contributed by atoms with Crippen LogP contribution < -0.4 is 0 Å². The zero-order valence-corrected chi connectivity index (χ0v) is 14.8. The van der Waals surface area contributed by atoms with Gasteiger partial charge in [-0.2, -0.15) is 5.10 Å². The number of phenols is 1. The van der Waals surface area contributed by atoms with E-state index in [1.165, 1.54) is 0 Å². The maximum absolute atomic E-state index is 12.5. The van der Waals surface area contributed by atoms with Gasteiger partial charge >= 0.3 is 5.97 Å². The Hall–Kier alpha value is -3.34. The van der Waals surface area contributed by atoms with Crippen LogP contribution >= 0.6 is 0 Å². The van der Waals surface area contributed by atoms with Gasteiger partial charge in [0.2, 0.25) is 0 Å². The summed E-state index contributed by atoms with van der Waals surface area (Å²) in [6, 6.07) is 17.1. The van der Waals surface area contributed by atoms with E-state index < -0.39 is 0 Å². The molecule has 3 aromatic rings. The normalized spacial score (nSPS) is 18.3. The molecule has 5 rings (SSSR count). The predicted molar refractivity (Wildman–Crippen MR) is 99.9 cm³/mol. The summed E-state index contributed by atoms with van der Waals surface area (Å²) in [4.78, 5) is 12.5. The van der Waals surface area contributed by atoms with Crippen molar-refractivity contribution in [2.45, 2.75) is 19.3 Å². The number of aromatic nitrogens is 2. The van der Waals surface area contributed by atoms with Crippen molar-refractivity contribution < 1.29 is 14.6 Å². The molecule has 0 spiro atoms. The summed E-state index contributed by atoms with van der Waals surface area (Å²) in [5.74, 6) is -0.271. The first-order chi connectivity index (χ1) is 13.1. The maximum atomic E-state index is 12.5. The Kier molecular flexibility index (Phi) is 3.44. The van der Waals surface area contributed by atoms with Gasteiger partial charge in [-0.25, -0.2) is 9.48 Å². The van der Waals surface area contributed by atoms with Gasteiger partial charge in [-0.05, 0) is 42.3 Å². The Balaban J connectivity index is 1.75. The predicted octanol–water partition coefficient (Wildman–Crippen LogP) is 3.43. The molecule has 1 atom stereocenters. The molecule has 2 heterocycles. The van der Waals surface area contributed by atoms with E-state index in [-0.39, 0.29) is 17.6 Å². The maximum Gasteiger partial charge on any atom is 0.335 e. The van der Waals surface area contributed by atoms with Gasteiger partial charge in [-0.1, -0.05) is 30.3 Å². The molecule has 0 radical (unpaired) electrons. The Morgan fingerprint density at radius 1 is 1.11 bits per heavy atom. The summed E-state index contributed by atoms with van der Waals surface area (Å²) in [6.07, 6.45) is 0.653. The minimum absolute atomic E-state index is 0.203. The minimum atomic E-state index is -0.249. The van der Waals surface area contributed by atoms with Crippen LogP contribution in [-0.2, 0) is 16.0 Å². The van der Waals surface area contributed by atoms with Crippen molar-refractivity contribution in [2.24, 2.45) is 0 Å². The Morgan fingerprint density at radius 2 is 1.85 bits per heavy atom. The second-order valence-corrected chi connectivity index (χ2v) is 6.99. The topological polar surface area (TPSA) is 64.3 Å². The van der Waals surface area contributed by atoms with Crippen LogP contribution in [0.3, 0.4) is 0 Å². The highest BCUT2D eigenvalue weighted by Gasteiger charge is 2.41. The second kappa shape index (κ2) is 5.84. The van der Waals surface area contributed by atoms with Gasteiger partial charge in [-0.15, -0.1) is 0 Å². The van der Waals surface area contributed by atoms with Gasteiger partial charge in [0.15, 0.2) is 0 Å². The van der Waals surface area contributed by atoms with Crippen molar-refractivity contribution in [3.05, 3.63) is 88.3 Å². The number of aryl methyl sites for hydroxylation is 1. The van der Waals surface area contributed by atoms with E-state index in [2.05, 4.69) is 0 Å². The minimum Gasteiger partial charge on any atom is -0.508 e. The number of carbonyl (C=O) groups excluding carboxylic acids is 1. The molecule has 134 valence electrons. The number of fused-ring (bicyclic) bond motifs is 1. The summed E-state index contributed by atoms with van der Waals surface area (Å²) in [5.41, 5.74) is 6.75. The van der Waals surface area contributed by atoms with E-state index in [9.17, 15) is 9.90 Å². The molecule has 0 bridgehead atoms. The van der Waals surface area contributed by atoms with Crippen molar-refractivity contribution >= 4 is 5.97 Å². The molecular weight excluding hydrogens is 340 g/mol. The molecule has 0 saturated heterocycles. The van der Waals surface area contributed by atoms with E-state index >= 15 is 0 Å². The van der Waals surface area contributed by atoms with Crippen LogP contribution in [0, 0.1) is 6.92 Å². The average Bonchev–Trinajstić information content (AvgIpc) is 3.22. The highest BCUT2D eigenvalue weighted by atomic mass is 16.5. The van der Waals surface area contributed by atoms with Gasteiger partial charge in [0, 0.05) is 17.9 Å². The van der Waals surface area contributed by atoms with E-state index in [1.807, 2.05) is 54.1 Å². The smallest absolute Gasteiger partial charge is 0.335 e. The molecule has 1 aliphatic heterocycles. The fraction of sp³-hybridized carbons (Fsp3) is 0.182. The zero-order valence-electron chi connectivity index (χ0n) is 14.8. The zero-order chi connectivity index (χ0) is 18.5. The molecule has 0 saturated carbocycles. The third-order valence-corrected chi connectivity index (χ3v) is 5.37. The first-order valence-electron chi connectivity index (χ1n) is 8.95. The Labute approximate surface area is 156 Å². The van der Waals surface area contributed by atoms with Crippen LogP contribution in [0.4, 0.5) is 0 Å². The second-order valence-electron chi connectivity index (χ2n) is 6.99. The van der Waals surface area contributed by atoms with Crippen LogP contribution in [0.1, 0.15) is 28.4 Å². The number of hydrogen-bond donors (Lipinski definition) is 1. The van der Waals surface area contributed by atoms with Crippen molar-refractivity contribution in [2.75, 3.05) is 6.61 Å². The number of hydrogen-bond acceptors (Lipinski definition) is 4. The molecule has 1 unspecified atom stereocenters. The van der Waals surface area contributed by atoms with Gasteiger partial charge in [-0.3, -0.25) is 0 Å². The third kappa shape index (κ3) is 2.39. The van der Waals surface area contributed by atoms with Crippen molar-refractivity contribution in [1.82, 2.24) is 9.78 Å². The van der Waals surface area contributed by atoms with Gasteiger partial charge in [0.1, 0.15) is 12.4 Å². The number of esters is 1. The SMILES string of the molecule is Cc1nn(-c2ccccc2)c2c1C(c1ccc(O)cc1)C1=C(COC1=O)C2. The molecule has 0 amide bonds. The van der Waals surface area contributed by atoms with E-state index in [1.54, 1.807) is 12.1 Å². The molecule has 27 heavy (non-hydrogen) atoms. The number of rotatable bonds is 2. The summed E-state index contributed by atoms with van der Waals surface area (Å²) in [5, 5.41) is 14.5. The molecule has 1 aromatic heterocycles. The largest absolute Gasteiger partial charge is 0.508 e. The lowest BCUT2D eigenvalue weighted by atomic mass is 9.77. The Bertz CT molecular complexity index is 1080. The number of phenolic OH excluding ortho intramolecular Hbond substituents is 1. The summed E-state index contributed by atoms with van der Waals surface area (Å²) < 4.78 is 7.35. The van der Waals surface area contributed by atoms with Crippen molar-refractivity contribution in [1.29, 1.82) is 0 Å². The average molecular weight is 358 g/mol. The lowest BCUT2D eigenvalue weighted by Crippen LogP contribution is -2.19. The van der Waals surface area contributed by atoms with Gasteiger partial charge < -0.3 is 9.84 Å². The van der Waals surface area contributed by atoms with Crippen LogP contribution in [0.25, 0.3) is 5.69 Å². The van der Waals surface area contributed by atoms with Crippen LogP contribution in [0.5, 0.6) is 5.75 Å². The van der Waals surface area contributed by atoms with E-state index in [4.69, 9.17) is 9.84 Å². The highest BCUT2D eigenvalue weighted by Crippen LogP contribution is 2.45. The number of cyclic esters (lactones) is 1. The molecule has 5 heteroatoms. The van der Waals surface area contributed by atoms with Crippen LogP contribution in [0.15, 0.2) is 65.7 Å². The van der Waals surface area contributed by atoms with Crippen molar-refractivity contribution in [3.63, 3.8) is 0 Å². The fourth-order valence-corrected chi connectivity index (χ4v) is 4.18. The van der Waals surface area contributed by atoms with Crippen LogP contribution in [-0.4, -0.2) is 27.5 Å². The summed E-state index contributed by atoms with van der Waals surface area (Å²) in [6.45, 7) is 2.32. The number of benzene rings is 2. The van der Waals surface area contributed by atoms with Crippen molar-refractivity contribution in [3.8, 4) is 11.4 Å². The number of aromatic hydroxyl groups is 1. The first kappa shape index (κ1) is 15.9. The van der Waals surface area contributed by atoms with E-state index in [0.29, 0.717) is 13.0 Å². The molecule has 0 fully saturated rings. The fourth-order valence-electron chi connectivity index (χ4n) is 4.18. The van der Waals surface area contributed by atoms with Gasteiger partial charge in [0.25, 0.3) is 0 Å². The molecular formula is C22H18N2O3. The molecule has 2 aliphatic rings. The molecule has 1 N–H and O–H groups in total. The highest BCUT2D eigenvalue weighted by molar-refractivity contribution is 5.95. The number of nitrogens with zero attached hydrogens (tertiary/aromatic N) is 2. The molecule has 1 aliphatic carbocycles. The summed E-state index contributed by atoms with van der Waals surface area (Å²) in [7, 11) is 0. The van der Waals surface area contributed by atoms with E-state index in [0.717, 1.165) is 39.3 Å². The lowest BCUT2D eigenvalue weighted by molar-refractivity contribution is -0.136. The number of ether oxygens (including phenoxy) is 1. The van der Waals surface area contributed by atoms with Gasteiger partial charge in [0.05, 0.1) is 22.6 Å². The summed E-state index contributed by atoms with van der Waals surface area (Å²) >= 11 is 0. The monoisotopic (exact) mass is 358 g/mol. The lowest BCUT2D eigenvalue weighted by Gasteiger charge is -2.25. The first-order valence-corrected chi connectivity index (χ1v) is 8.95.